The van der Waals surface area contributed by atoms with Gasteiger partial charge in [-0.05, 0) is 42.2 Å². The molecule has 1 aliphatic carbocycles. The number of furan rings is 1. The number of hydrogen-bond acceptors (Lipinski definition) is 6. The molecule has 1 aliphatic heterocycles. The van der Waals surface area contributed by atoms with E-state index in [4.69, 9.17) is 4.42 Å². The van der Waals surface area contributed by atoms with Gasteiger partial charge < -0.3 is 9.73 Å². The summed E-state index contributed by atoms with van der Waals surface area (Å²) in [6, 6.07) is 12.9. The predicted octanol–water partition coefficient (Wildman–Crippen LogP) is 6.56. The van der Waals surface area contributed by atoms with Crippen molar-refractivity contribution >= 4 is 28.8 Å². The van der Waals surface area contributed by atoms with Crippen LogP contribution in [0.5, 0.6) is 0 Å². The Morgan fingerprint density at radius 2 is 1.76 bits per heavy atom. The number of benzene rings is 2. The molecule has 38 heavy (non-hydrogen) atoms. The SMILES string of the molecule is CC1(C)CC(=O)C2=C(C1)Nc1ccccc1N(C(=O)C(F)(F)F)C2c1ccc(-c2ccccc2[N+](=O)[O-])o1. The Hall–Kier alpha value is -4.41. The van der Waals surface area contributed by atoms with Crippen LogP contribution in [0, 0.1) is 15.5 Å². The zero-order valence-corrected chi connectivity index (χ0v) is 20.3. The molecule has 2 aliphatic rings. The summed E-state index contributed by atoms with van der Waals surface area (Å²) in [5, 5.41) is 14.7. The molecule has 0 saturated carbocycles. The van der Waals surface area contributed by atoms with Crippen LogP contribution in [-0.2, 0) is 9.59 Å². The molecule has 1 unspecified atom stereocenters. The normalized spacial score (nSPS) is 18.8. The molecule has 0 radical (unpaired) electrons. The van der Waals surface area contributed by atoms with Gasteiger partial charge in [-0.1, -0.05) is 38.1 Å². The molecule has 1 N–H and O–H groups in total. The number of nitro benzene ring substituents is 1. The van der Waals surface area contributed by atoms with Crippen molar-refractivity contribution in [3.63, 3.8) is 0 Å². The minimum atomic E-state index is -5.26. The number of fused-ring (bicyclic) bond motifs is 1. The van der Waals surface area contributed by atoms with E-state index in [9.17, 15) is 32.9 Å². The average molecular weight is 525 g/mol. The monoisotopic (exact) mass is 525 g/mol. The molecule has 0 saturated heterocycles. The van der Waals surface area contributed by atoms with Gasteiger partial charge in [-0.25, -0.2) is 0 Å². The number of rotatable bonds is 3. The van der Waals surface area contributed by atoms with E-state index in [1.807, 2.05) is 13.8 Å². The highest BCUT2D eigenvalue weighted by atomic mass is 19.4. The van der Waals surface area contributed by atoms with Gasteiger partial charge in [0.25, 0.3) is 5.69 Å². The van der Waals surface area contributed by atoms with Crippen molar-refractivity contribution in [2.45, 2.75) is 38.9 Å². The number of ketones is 1. The summed E-state index contributed by atoms with van der Waals surface area (Å²) < 4.78 is 47.9. The number of carbonyl (C=O) groups is 2. The third-order valence-corrected chi connectivity index (χ3v) is 6.62. The van der Waals surface area contributed by atoms with Crippen LogP contribution in [0.4, 0.5) is 30.2 Å². The van der Waals surface area contributed by atoms with Crippen molar-refractivity contribution in [1.29, 1.82) is 0 Å². The van der Waals surface area contributed by atoms with Crippen LogP contribution < -0.4 is 10.2 Å². The van der Waals surface area contributed by atoms with E-state index in [1.165, 1.54) is 48.5 Å². The Bertz CT molecular complexity index is 1510. The highest BCUT2D eigenvalue weighted by molar-refractivity contribution is 6.07. The maximum absolute atomic E-state index is 14.0. The number of nitrogens with one attached hydrogen (secondary N) is 1. The number of anilines is 2. The summed E-state index contributed by atoms with van der Waals surface area (Å²) >= 11 is 0. The highest BCUT2D eigenvalue weighted by Gasteiger charge is 2.51. The second-order valence-corrected chi connectivity index (χ2v) is 10.0. The third-order valence-electron chi connectivity index (χ3n) is 6.62. The van der Waals surface area contributed by atoms with Gasteiger partial charge in [0.2, 0.25) is 0 Å². The number of hydrogen-bond donors (Lipinski definition) is 1. The predicted molar refractivity (Wildman–Crippen MR) is 132 cm³/mol. The van der Waals surface area contributed by atoms with Crippen LogP contribution in [-0.4, -0.2) is 22.8 Å². The van der Waals surface area contributed by atoms with Crippen molar-refractivity contribution < 1.29 is 32.1 Å². The smallest absolute Gasteiger partial charge is 0.458 e. The molecule has 2 aromatic carbocycles. The second-order valence-electron chi connectivity index (χ2n) is 10.0. The van der Waals surface area contributed by atoms with E-state index < -0.39 is 34.2 Å². The summed E-state index contributed by atoms with van der Waals surface area (Å²) in [5.74, 6) is -2.71. The fraction of sp³-hybridized carbons (Fsp3) is 0.259. The zero-order valence-electron chi connectivity index (χ0n) is 20.3. The molecule has 11 heteroatoms. The minimum absolute atomic E-state index is 0.0124. The standard InChI is InChI=1S/C27H22F3N3O5/c1-26(2)13-17-23(20(34)14-26)24(22-12-11-21(38-22)15-7-3-5-9-18(15)33(36)37)32(25(35)27(28,29)30)19-10-6-4-8-16(19)31-17/h3-12,24,31H,13-14H2,1-2H3. The maximum atomic E-state index is 14.0. The van der Waals surface area contributed by atoms with Gasteiger partial charge >= 0.3 is 12.1 Å². The first-order chi connectivity index (χ1) is 17.9. The first-order valence-electron chi connectivity index (χ1n) is 11.7. The van der Waals surface area contributed by atoms with Crippen molar-refractivity contribution in [2.75, 3.05) is 10.2 Å². The van der Waals surface area contributed by atoms with Crippen molar-refractivity contribution in [2.24, 2.45) is 5.41 Å². The van der Waals surface area contributed by atoms with Crippen LogP contribution in [0.25, 0.3) is 11.3 Å². The van der Waals surface area contributed by atoms with Gasteiger partial charge in [-0.2, -0.15) is 13.2 Å². The van der Waals surface area contributed by atoms with Gasteiger partial charge in [0.1, 0.15) is 17.6 Å². The lowest BCUT2D eigenvalue weighted by Crippen LogP contribution is -2.45. The second kappa shape index (κ2) is 8.86. The number of amides is 1. The molecule has 196 valence electrons. The number of allylic oxidation sites excluding steroid dienone is 1. The van der Waals surface area contributed by atoms with Crippen molar-refractivity contribution in [3.8, 4) is 11.3 Å². The average Bonchev–Trinajstić information content (AvgIpc) is 3.26. The van der Waals surface area contributed by atoms with Crippen LogP contribution in [0.1, 0.15) is 38.5 Å². The first-order valence-corrected chi connectivity index (χ1v) is 11.7. The molecule has 2 heterocycles. The van der Waals surface area contributed by atoms with Gasteiger partial charge in [0.05, 0.1) is 21.9 Å². The van der Waals surface area contributed by atoms with Gasteiger partial charge in [-0.15, -0.1) is 0 Å². The lowest BCUT2D eigenvalue weighted by Gasteiger charge is -2.36. The molecule has 0 bridgehead atoms. The Morgan fingerprint density at radius 3 is 2.47 bits per heavy atom. The highest BCUT2D eigenvalue weighted by Crippen LogP contribution is 2.50. The maximum Gasteiger partial charge on any atom is 0.471 e. The topological polar surface area (TPSA) is 106 Å². The molecule has 5 rings (SSSR count). The Kier molecular flexibility index (Phi) is 5.89. The van der Waals surface area contributed by atoms with Gasteiger partial charge in [-0.3, -0.25) is 24.6 Å². The van der Waals surface area contributed by atoms with Crippen molar-refractivity contribution in [1.82, 2.24) is 0 Å². The minimum Gasteiger partial charge on any atom is -0.458 e. The summed E-state index contributed by atoms with van der Waals surface area (Å²) in [6.07, 6.45) is -4.88. The van der Waals surface area contributed by atoms with E-state index in [0.717, 1.165) is 0 Å². The number of halogens is 3. The summed E-state index contributed by atoms with van der Waals surface area (Å²) in [6.45, 7) is 3.75. The molecule has 0 fully saturated rings. The summed E-state index contributed by atoms with van der Waals surface area (Å²) in [4.78, 5) is 38.0. The Morgan fingerprint density at radius 1 is 1.08 bits per heavy atom. The lowest BCUT2D eigenvalue weighted by molar-refractivity contribution is -0.384. The van der Waals surface area contributed by atoms with Crippen LogP contribution >= 0.6 is 0 Å². The fourth-order valence-electron chi connectivity index (χ4n) is 5.10. The molecule has 1 amide bonds. The molecular weight excluding hydrogens is 503 g/mol. The van der Waals surface area contributed by atoms with Crippen LogP contribution in [0.3, 0.4) is 0 Å². The van der Waals surface area contributed by atoms with Crippen LogP contribution in [0.2, 0.25) is 0 Å². The molecule has 0 spiro atoms. The van der Waals surface area contributed by atoms with Gasteiger partial charge in [0.15, 0.2) is 5.78 Å². The van der Waals surface area contributed by atoms with Gasteiger partial charge in [0, 0.05) is 23.8 Å². The first kappa shape index (κ1) is 25.2. The molecule has 1 atom stereocenters. The number of para-hydroxylation sites is 3. The third kappa shape index (κ3) is 4.33. The summed E-state index contributed by atoms with van der Waals surface area (Å²) in [5.41, 5.74) is -0.106. The lowest BCUT2D eigenvalue weighted by atomic mass is 9.74. The number of nitro groups is 1. The molecule has 8 nitrogen and oxygen atoms in total. The van der Waals surface area contributed by atoms with E-state index >= 15 is 0 Å². The summed E-state index contributed by atoms with van der Waals surface area (Å²) in [7, 11) is 0. The number of Topliss-reactive ketones (excluding diaryl/α,β-unsaturated/α-hetero) is 1. The number of carbonyl (C=O) groups excluding carboxylic acids is 2. The van der Waals surface area contributed by atoms with E-state index in [2.05, 4.69) is 5.32 Å². The fourth-order valence-corrected chi connectivity index (χ4v) is 5.10. The molecule has 3 aromatic rings. The zero-order chi connectivity index (χ0) is 27.4. The van der Waals surface area contributed by atoms with E-state index in [1.54, 1.807) is 12.1 Å². The Labute approximate surface area is 214 Å². The quantitative estimate of drug-likeness (QED) is 0.307. The van der Waals surface area contributed by atoms with E-state index in [0.29, 0.717) is 17.0 Å². The Balaban J connectivity index is 1.77. The van der Waals surface area contributed by atoms with Crippen molar-refractivity contribution in [3.05, 3.63) is 87.8 Å². The largest absolute Gasteiger partial charge is 0.471 e. The molecule has 1 aromatic heterocycles. The van der Waals surface area contributed by atoms with Crippen LogP contribution in [0.15, 0.2) is 76.4 Å². The number of alkyl halides is 3. The molecular formula is C27H22F3N3O5. The number of nitrogens with zero attached hydrogens (tertiary/aromatic N) is 2. The van der Waals surface area contributed by atoms with E-state index in [-0.39, 0.29) is 46.1 Å².